The van der Waals surface area contributed by atoms with Crippen LogP contribution in [0.25, 0.3) is 0 Å². The molecule has 0 aromatic heterocycles. The van der Waals surface area contributed by atoms with E-state index in [2.05, 4.69) is 0 Å². The Kier molecular flexibility index (Phi) is 4.45. The molecular weight excluding hydrogens is 326 g/mol. The van der Waals surface area contributed by atoms with Crippen molar-refractivity contribution in [2.24, 2.45) is 17.3 Å². The molecule has 2 fully saturated rings. The zero-order valence-electron chi connectivity index (χ0n) is 14.1. The van der Waals surface area contributed by atoms with Crippen LogP contribution in [0.1, 0.15) is 44.6 Å². The molecule has 0 radical (unpaired) electrons. The summed E-state index contributed by atoms with van der Waals surface area (Å²) in [6.45, 7) is 2.05. The number of phenols is 2. The Labute approximate surface area is 145 Å². The summed E-state index contributed by atoms with van der Waals surface area (Å²) in [5.41, 5.74) is -0.388. The number of aliphatic hydroxyl groups is 1. The molecule has 0 spiro atoms. The van der Waals surface area contributed by atoms with Crippen LogP contribution in [0.15, 0.2) is 12.1 Å². The molecule has 0 amide bonds. The molecule has 0 aliphatic heterocycles. The molecule has 0 saturated heterocycles. The van der Waals surface area contributed by atoms with Crippen molar-refractivity contribution in [1.82, 2.24) is 0 Å². The molecule has 3 N–H and O–H groups in total. The number of aliphatic hydroxyl groups excluding tert-OH is 1. The van der Waals surface area contributed by atoms with E-state index in [0.717, 1.165) is 12.5 Å². The molecule has 2 aliphatic rings. The second kappa shape index (κ2) is 6.29. The first-order chi connectivity index (χ1) is 11.7. The molecule has 7 heteroatoms. The predicted octanol–water partition coefficient (Wildman–Crippen LogP) is 2.69. The number of rotatable bonds is 4. The van der Waals surface area contributed by atoms with Crippen molar-refractivity contribution >= 4 is 11.5 Å². The van der Waals surface area contributed by atoms with Gasteiger partial charge in [0.1, 0.15) is 11.5 Å². The number of phenolic OH excluding ortho intramolecular Hbond substituents is 2. The zero-order valence-corrected chi connectivity index (χ0v) is 14.1. The maximum absolute atomic E-state index is 12.4. The van der Waals surface area contributed by atoms with Crippen molar-refractivity contribution in [3.63, 3.8) is 0 Å². The van der Waals surface area contributed by atoms with Gasteiger partial charge in [-0.1, -0.05) is 6.92 Å². The number of aromatic hydroxyl groups is 2. The molecule has 7 nitrogen and oxygen atoms in total. The number of nitro groups is 1. The highest BCUT2D eigenvalue weighted by Gasteiger charge is 2.53. The van der Waals surface area contributed by atoms with Crippen molar-refractivity contribution in [3.05, 3.63) is 27.8 Å². The van der Waals surface area contributed by atoms with E-state index >= 15 is 0 Å². The van der Waals surface area contributed by atoms with Gasteiger partial charge in [0.2, 0.25) is 0 Å². The lowest BCUT2D eigenvalue weighted by Crippen LogP contribution is -2.43. The lowest BCUT2D eigenvalue weighted by atomic mass is 9.62. The largest absolute Gasteiger partial charge is 0.507 e. The molecule has 2 saturated carbocycles. The summed E-state index contributed by atoms with van der Waals surface area (Å²) >= 11 is 0. The summed E-state index contributed by atoms with van der Waals surface area (Å²) in [4.78, 5) is 22.5. The summed E-state index contributed by atoms with van der Waals surface area (Å²) in [5, 5.41) is 40.8. The summed E-state index contributed by atoms with van der Waals surface area (Å²) in [7, 11) is 0. The van der Waals surface area contributed by atoms with Crippen molar-refractivity contribution < 1.29 is 25.0 Å². The van der Waals surface area contributed by atoms with Crippen LogP contribution in [0.5, 0.6) is 11.5 Å². The molecular formula is C18H23NO6. The molecule has 1 aromatic carbocycles. The van der Waals surface area contributed by atoms with Crippen LogP contribution in [0.4, 0.5) is 5.69 Å². The summed E-state index contributed by atoms with van der Waals surface area (Å²) < 4.78 is 0. The van der Waals surface area contributed by atoms with Gasteiger partial charge in [0.25, 0.3) is 0 Å². The quantitative estimate of drug-likeness (QED) is 0.436. The van der Waals surface area contributed by atoms with Crippen molar-refractivity contribution in [3.8, 4) is 11.5 Å². The van der Waals surface area contributed by atoms with Crippen molar-refractivity contribution in [1.29, 1.82) is 0 Å². The van der Waals surface area contributed by atoms with Gasteiger partial charge in [-0.15, -0.1) is 0 Å². The van der Waals surface area contributed by atoms with Gasteiger partial charge in [-0.25, -0.2) is 0 Å². The third-order valence-corrected chi connectivity index (χ3v) is 6.27. The van der Waals surface area contributed by atoms with E-state index in [1.807, 2.05) is 6.92 Å². The number of ketones is 1. The Balaban J connectivity index is 1.78. The molecule has 2 aliphatic carbocycles. The van der Waals surface area contributed by atoms with Crippen molar-refractivity contribution in [2.75, 3.05) is 0 Å². The van der Waals surface area contributed by atoms with E-state index < -0.39 is 16.4 Å². The fraction of sp³-hybridized carbons (Fsp3) is 0.611. The van der Waals surface area contributed by atoms with Crippen LogP contribution in [-0.4, -0.2) is 32.1 Å². The van der Waals surface area contributed by atoms with Crippen LogP contribution < -0.4 is 0 Å². The standard InChI is InChI=1S/C18H23NO6/c1-18-7-6-14(20)11(12(18)4-5-17(18)23)3-2-10-8-16(22)13(19(24)25)9-15(10)21/h8-9,11-12,17,21-23H,2-7H2,1H3/t11-,12-,17-,18-/m0/s1. The number of carbonyl (C=O) groups is 1. The Morgan fingerprint density at radius 2 is 2.00 bits per heavy atom. The number of fused-ring (bicyclic) bond motifs is 1. The van der Waals surface area contributed by atoms with E-state index in [9.17, 15) is 30.2 Å². The third-order valence-electron chi connectivity index (χ3n) is 6.27. The first-order valence-corrected chi connectivity index (χ1v) is 8.64. The number of aryl methyl sites for hydroxylation is 1. The Morgan fingerprint density at radius 3 is 2.68 bits per heavy atom. The minimum atomic E-state index is -0.755. The molecule has 3 rings (SSSR count). The van der Waals surface area contributed by atoms with Crippen LogP contribution >= 0.6 is 0 Å². The normalized spacial score (nSPS) is 31.8. The van der Waals surface area contributed by atoms with E-state index in [-0.39, 0.29) is 34.9 Å². The second-order valence-electron chi connectivity index (χ2n) is 7.54. The zero-order chi connectivity index (χ0) is 18.4. The maximum Gasteiger partial charge on any atom is 0.314 e. The Hall–Kier alpha value is -2.15. The van der Waals surface area contributed by atoms with Gasteiger partial charge in [-0.2, -0.15) is 0 Å². The molecule has 25 heavy (non-hydrogen) atoms. The van der Waals surface area contributed by atoms with Gasteiger partial charge in [0, 0.05) is 12.3 Å². The van der Waals surface area contributed by atoms with Gasteiger partial charge in [-0.3, -0.25) is 14.9 Å². The number of hydrogen-bond acceptors (Lipinski definition) is 6. The molecule has 0 unspecified atom stereocenters. The fourth-order valence-electron chi connectivity index (χ4n) is 4.69. The Morgan fingerprint density at radius 1 is 1.28 bits per heavy atom. The minimum absolute atomic E-state index is 0.123. The Bertz CT molecular complexity index is 718. The average molecular weight is 349 g/mol. The number of hydrogen-bond donors (Lipinski definition) is 3. The van der Waals surface area contributed by atoms with Crippen molar-refractivity contribution in [2.45, 2.75) is 51.6 Å². The minimum Gasteiger partial charge on any atom is -0.507 e. The fourth-order valence-corrected chi connectivity index (χ4v) is 4.69. The third kappa shape index (κ3) is 2.97. The second-order valence-corrected chi connectivity index (χ2v) is 7.54. The van der Waals surface area contributed by atoms with Crippen LogP contribution in [0.3, 0.4) is 0 Å². The molecule has 136 valence electrons. The van der Waals surface area contributed by atoms with Gasteiger partial charge in [0.15, 0.2) is 5.75 Å². The number of nitro benzene ring substituents is 1. The molecule has 1 aromatic rings. The lowest BCUT2D eigenvalue weighted by Gasteiger charge is -2.42. The lowest BCUT2D eigenvalue weighted by molar-refractivity contribution is -0.386. The van der Waals surface area contributed by atoms with Gasteiger partial charge in [-0.05, 0) is 55.1 Å². The van der Waals surface area contributed by atoms with E-state index in [1.165, 1.54) is 6.07 Å². The van der Waals surface area contributed by atoms with Gasteiger partial charge in [0.05, 0.1) is 17.1 Å². The van der Waals surface area contributed by atoms with Gasteiger partial charge < -0.3 is 15.3 Å². The van der Waals surface area contributed by atoms with Crippen LogP contribution in [0, 0.1) is 27.4 Å². The monoisotopic (exact) mass is 349 g/mol. The topological polar surface area (TPSA) is 121 Å². The number of nitrogens with zero attached hydrogens (tertiary/aromatic N) is 1. The number of Topliss-reactive ketones (excluding diaryl/α,β-unsaturated/α-hetero) is 1. The molecule has 0 heterocycles. The van der Waals surface area contributed by atoms with Crippen LogP contribution in [-0.2, 0) is 11.2 Å². The first kappa shape index (κ1) is 17.7. The highest BCUT2D eigenvalue weighted by atomic mass is 16.6. The van der Waals surface area contributed by atoms with E-state index in [1.54, 1.807) is 0 Å². The SMILES string of the molecule is C[C@]12CCC(=O)[C@@H](CCc3cc(O)c([N+](=O)[O-])cc3O)[C@@H]1CC[C@@H]2O. The smallest absolute Gasteiger partial charge is 0.314 e. The van der Waals surface area contributed by atoms with Gasteiger partial charge >= 0.3 is 5.69 Å². The maximum atomic E-state index is 12.4. The average Bonchev–Trinajstić information content (AvgIpc) is 2.85. The molecule has 4 atom stereocenters. The first-order valence-electron chi connectivity index (χ1n) is 8.64. The number of carbonyl (C=O) groups excluding carboxylic acids is 1. The highest BCUT2D eigenvalue weighted by Crippen LogP contribution is 2.54. The van der Waals surface area contributed by atoms with E-state index in [0.29, 0.717) is 37.7 Å². The number of benzene rings is 1. The summed E-state index contributed by atoms with van der Waals surface area (Å²) in [5.74, 6) is -0.622. The van der Waals surface area contributed by atoms with Crippen LogP contribution in [0.2, 0.25) is 0 Å². The highest BCUT2D eigenvalue weighted by molar-refractivity contribution is 5.82. The molecule has 0 bridgehead atoms. The van der Waals surface area contributed by atoms with E-state index in [4.69, 9.17) is 0 Å². The summed E-state index contributed by atoms with van der Waals surface area (Å²) in [6.07, 6.45) is 3.13. The predicted molar refractivity (Wildman–Crippen MR) is 89.3 cm³/mol. The summed E-state index contributed by atoms with van der Waals surface area (Å²) in [6, 6.07) is 2.14.